The van der Waals surface area contributed by atoms with Crippen molar-refractivity contribution in [3.05, 3.63) is 28.5 Å². The molecule has 0 atom stereocenters. The van der Waals surface area contributed by atoms with Crippen molar-refractivity contribution in [1.82, 2.24) is 14.5 Å². The molecule has 5 nitrogen and oxygen atoms in total. The molecule has 0 aliphatic carbocycles. The van der Waals surface area contributed by atoms with Crippen LogP contribution in [0.4, 0.5) is 4.79 Å². The molecule has 21 heavy (non-hydrogen) atoms. The number of fused-ring (bicyclic) bond motifs is 1. The van der Waals surface area contributed by atoms with Gasteiger partial charge in [0.05, 0.1) is 0 Å². The zero-order chi connectivity index (χ0) is 15.8. The summed E-state index contributed by atoms with van der Waals surface area (Å²) in [6.45, 7) is 6.27. The van der Waals surface area contributed by atoms with Gasteiger partial charge in [-0.3, -0.25) is 0 Å². The molecule has 0 bridgehead atoms. The van der Waals surface area contributed by atoms with E-state index in [9.17, 15) is 4.79 Å². The van der Waals surface area contributed by atoms with Crippen LogP contribution >= 0.6 is 15.9 Å². The van der Waals surface area contributed by atoms with Crippen molar-refractivity contribution < 1.29 is 9.53 Å². The topological polar surface area (TPSA) is 47.4 Å². The Bertz CT molecular complexity index is 671. The van der Waals surface area contributed by atoms with Crippen LogP contribution < -0.4 is 0 Å². The molecular formula is C15H20BrN3O2. The molecule has 0 aliphatic heterocycles. The van der Waals surface area contributed by atoms with Gasteiger partial charge in [0.2, 0.25) is 0 Å². The number of aromatic nitrogens is 2. The number of hydrogen-bond donors (Lipinski definition) is 0. The van der Waals surface area contributed by atoms with Crippen LogP contribution in [0.25, 0.3) is 11.0 Å². The minimum absolute atomic E-state index is 0.410. The lowest BCUT2D eigenvalue weighted by Gasteiger charge is -2.19. The van der Waals surface area contributed by atoms with Crippen LogP contribution in [-0.2, 0) is 11.3 Å². The Labute approximate surface area is 133 Å². The largest absolute Gasteiger partial charge is 0.443 e. The smallest absolute Gasteiger partial charge is 0.420 e. The number of ether oxygens (including phenoxy) is 1. The normalized spacial score (nSPS) is 12.1. The van der Waals surface area contributed by atoms with Gasteiger partial charge in [-0.25, -0.2) is 14.3 Å². The molecule has 2 heterocycles. The Kier molecular flexibility index (Phi) is 4.39. The number of nitrogens with zero attached hydrogens (tertiary/aromatic N) is 3. The lowest BCUT2D eigenvalue weighted by molar-refractivity contribution is 0.0543. The van der Waals surface area contributed by atoms with E-state index in [1.165, 1.54) is 4.57 Å². The van der Waals surface area contributed by atoms with Gasteiger partial charge < -0.3 is 9.64 Å². The van der Waals surface area contributed by atoms with E-state index >= 15 is 0 Å². The summed E-state index contributed by atoms with van der Waals surface area (Å²) in [7, 11) is 3.98. The molecule has 0 aliphatic rings. The van der Waals surface area contributed by atoms with E-state index in [0.717, 1.165) is 22.0 Å². The third kappa shape index (κ3) is 3.83. The van der Waals surface area contributed by atoms with Gasteiger partial charge in [0.15, 0.2) is 0 Å². The second-order valence-corrected chi connectivity index (χ2v) is 7.18. The van der Waals surface area contributed by atoms with E-state index < -0.39 is 11.7 Å². The van der Waals surface area contributed by atoms with Crippen molar-refractivity contribution in [3.8, 4) is 0 Å². The average Bonchev–Trinajstić information content (AvgIpc) is 2.65. The third-order valence-electron chi connectivity index (χ3n) is 2.77. The molecule has 2 rings (SSSR count). The monoisotopic (exact) mass is 353 g/mol. The predicted molar refractivity (Wildman–Crippen MR) is 86.5 cm³/mol. The molecule has 0 saturated carbocycles. The summed E-state index contributed by atoms with van der Waals surface area (Å²) in [5.41, 5.74) is 1.11. The Morgan fingerprint density at radius 1 is 1.43 bits per heavy atom. The van der Waals surface area contributed by atoms with Crippen molar-refractivity contribution in [3.63, 3.8) is 0 Å². The molecule has 6 heteroatoms. The van der Waals surface area contributed by atoms with Gasteiger partial charge in [-0.1, -0.05) is 0 Å². The van der Waals surface area contributed by atoms with Crippen LogP contribution in [0, 0.1) is 0 Å². The molecule has 0 saturated heterocycles. The van der Waals surface area contributed by atoms with E-state index in [1.807, 2.05) is 40.9 Å². The number of hydrogen-bond acceptors (Lipinski definition) is 4. The Morgan fingerprint density at radius 2 is 2.10 bits per heavy atom. The van der Waals surface area contributed by atoms with E-state index in [2.05, 4.69) is 25.8 Å². The average molecular weight is 354 g/mol. The molecule has 0 unspecified atom stereocenters. The summed E-state index contributed by atoms with van der Waals surface area (Å²) >= 11 is 3.43. The molecule has 0 N–H and O–H groups in total. The first-order valence-electron chi connectivity index (χ1n) is 6.71. The molecule has 0 amide bonds. The van der Waals surface area contributed by atoms with Gasteiger partial charge >= 0.3 is 6.09 Å². The van der Waals surface area contributed by atoms with Gasteiger partial charge in [-0.05, 0) is 62.4 Å². The third-order valence-corrected chi connectivity index (χ3v) is 3.20. The minimum atomic E-state index is -0.537. The zero-order valence-electron chi connectivity index (χ0n) is 13.0. The molecular weight excluding hydrogens is 334 g/mol. The quantitative estimate of drug-likeness (QED) is 0.826. The Hall–Kier alpha value is -1.40. The first kappa shape index (κ1) is 16.0. The van der Waals surface area contributed by atoms with Crippen molar-refractivity contribution in [2.45, 2.75) is 32.9 Å². The highest BCUT2D eigenvalue weighted by molar-refractivity contribution is 9.10. The minimum Gasteiger partial charge on any atom is -0.443 e. The molecule has 2 aromatic rings. The van der Waals surface area contributed by atoms with Gasteiger partial charge in [0.25, 0.3) is 0 Å². The first-order chi connectivity index (χ1) is 9.67. The van der Waals surface area contributed by atoms with Crippen molar-refractivity contribution >= 4 is 33.1 Å². The van der Waals surface area contributed by atoms with Gasteiger partial charge in [0.1, 0.15) is 11.2 Å². The molecule has 0 spiro atoms. The van der Waals surface area contributed by atoms with Crippen LogP contribution in [0.5, 0.6) is 0 Å². The van der Waals surface area contributed by atoms with Gasteiger partial charge in [-0.2, -0.15) is 0 Å². The van der Waals surface area contributed by atoms with Crippen LogP contribution in [0.1, 0.15) is 26.3 Å². The molecule has 114 valence electrons. The fourth-order valence-corrected chi connectivity index (χ4v) is 2.40. The zero-order valence-corrected chi connectivity index (χ0v) is 14.6. The van der Waals surface area contributed by atoms with E-state index in [-0.39, 0.29) is 0 Å². The summed E-state index contributed by atoms with van der Waals surface area (Å²) in [5, 5.41) is 0.948. The molecule has 0 fully saturated rings. The summed E-state index contributed by atoms with van der Waals surface area (Å²) in [5.74, 6) is 0. The van der Waals surface area contributed by atoms with Crippen molar-refractivity contribution in [2.24, 2.45) is 0 Å². The summed E-state index contributed by atoms with van der Waals surface area (Å²) < 4.78 is 7.80. The Morgan fingerprint density at radius 3 is 2.67 bits per heavy atom. The fourth-order valence-electron chi connectivity index (χ4n) is 2.06. The van der Waals surface area contributed by atoms with Crippen molar-refractivity contribution in [2.75, 3.05) is 14.1 Å². The predicted octanol–water partition coefficient (Wildman–Crippen LogP) is 3.64. The van der Waals surface area contributed by atoms with Crippen LogP contribution in [-0.4, -0.2) is 40.2 Å². The van der Waals surface area contributed by atoms with E-state index in [1.54, 1.807) is 12.4 Å². The SMILES string of the molecule is CN(C)Cc1cn(C(=O)OC(C)(C)C)c2ncc(Br)cc12. The first-order valence-corrected chi connectivity index (χ1v) is 7.50. The molecule has 0 radical (unpaired) electrons. The maximum Gasteiger partial charge on any atom is 0.420 e. The molecule has 0 aromatic carbocycles. The summed E-state index contributed by atoms with van der Waals surface area (Å²) in [6, 6.07) is 1.97. The van der Waals surface area contributed by atoms with Gasteiger partial charge in [0, 0.05) is 28.8 Å². The highest BCUT2D eigenvalue weighted by Crippen LogP contribution is 2.25. The van der Waals surface area contributed by atoms with Crippen LogP contribution in [0.15, 0.2) is 22.9 Å². The maximum absolute atomic E-state index is 12.3. The highest BCUT2D eigenvalue weighted by Gasteiger charge is 2.21. The Balaban J connectivity index is 2.51. The maximum atomic E-state index is 12.3. The van der Waals surface area contributed by atoms with E-state index in [0.29, 0.717) is 5.65 Å². The second-order valence-electron chi connectivity index (χ2n) is 6.27. The number of rotatable bonds is 2. The summed E-state index contributed by atoms with van der Waals surface area (Å²) in [4.78, 5) is 18.7. The van der Waals surface area contributed by atoms with Crippen LogP contribution in [0.2, 0.25) is 0 Å². The number of pyridine rings is 1. The fraction of sp³-hybridized carbons (Fsp3) is 0.467. The van der Waals surface area contributed by atoms with E-state index in [4.69, 9.17) is 4.74 Å². The van der Waals surface area contributed by atoms with Crippen LogP contribution in [0.3, 0.4) is 0 Å². The molecule has 2 aromatic heterocycles. The number of carbonyl (C=O) groups excluding carboxylic acids is 1. The second kappa shape index (κ2) is 5.77. The number of halogens is 1. The summed E-state index contributed by atoms with van der Waals surface area (Å²) in [6.07, 6.45) is 3.08. The lowest BCUT2D eigenvalue weighted by Crippen LogP contribution is -2.26. The number of carbonyl (C=O) groups is 1. The highest BCUT2D eigenvalue weighted by atomic mass is 79.9. The van der Waals surface area contributed by atoms with Crippen molar-refractivity contribution in [1.29, 1.82) is 0 Å². The standard InChI is InChI=1S/C15H20BrN3O2/c1-15(2,3)21-14(20)19-9-10(8-18(4)5)12-6-11(16)7-17-13(12)19/h6-7,9H,8H2,1-5H3. The lowest BCUT2D eigenvalue weighted by atomic mass is 10.2. The van der Waals surface area contributed by atoms with Gasteiger partial charge in [-0.15, -0.1) is 0 Å².